The van der Waals surface area contributed by atoms with Gasteiger partial charge in [0.25, 0.3) is 0 Å². The highest BCUT2D eigenvalue weighted by Crippen LogP contribution is 2.17. The van der Waals surface area contributed by atoms with Gasteiger partial charge in [-0.1, -0.05) is 29.8 Å². The SMILES string of the molecule is Clc1ccccc1COCC1CCCNC1. The number of benzene rings is 1. The minimum Gasteiger partial charge on any atom is -0.376 e. The largest absolute Gasteiger partial charge is 0.376 e. The van der Waals surface area contributed by atoms with Crippen molar-refractivity contribution in [2.75, 3.05) is 19.7 Å². The lowest BCUT2D eigenvalue weighted by Crippen LogP contribution is -2.32. The van der Waals surface area contributed by atoms with Crippen LogP contribution in [0.25, 0.3) is 0 Å². The van der Waals surface area contributed by atoms with E-state index >= 15 is 0 Å². The van der Waals surface area contributed by atoms with Crippen LogP contribution in [0.2, 0.25) is 5.02 Å². The molecule has 1 unspecified atom stereocenters. The Balaban J connectivity index is 1.73. The summed E-state index contributed by atoms with van der Waals surface area (Å²) >= 11 is 6.05. The second-order valence-electron chi connectivity index (χ2n) is 4.32. The van der Waals surface area contributed by atoms with Gasteiger partial charge in [-0.25, -0.2) is 0 Å². The van der Waals surface area contributed by atoms with Crippen LogP contribution in [0.5, 0.6) is 0 Å². The minimum absolute atomic E-state index is 0.621. The first-order valence-corrected chi connectivity index (χ1v) is 6.26. The predicted molar refractivity (Wildman–Crippen MR) is 66.7 cm³/mol. The van der Waals surface area contributed by atoms with Crippen molar-refractivity contribution >= 4 is 11.6 Å². The number of halogens is 1. The molecular weight excluding hydrogens is 222 g/mol. The summed E-state index contributed by atoms with van der Waals surface area (Å²) in [5, 5.41) is 4.18. The average Bonchev–Trinajstić information content (AvgIpc) is 2.33. The third-order valence-corrected chi connectivity index (χ3v) is 3.34. The summed E-state index contributed by atoms with van der Waals surface area (Å²) in [6.07, 6.45) is 2.54. The summed E-state index contributed by atoms with van der Waals surface area (Å²) in [6, 6.07) is 7.85. The molecule has 1 saturated heterocycles. The van der Waals surface area contributed by atoms with Gasteiger partial charge in [-0.05, 0) is 36.9 Å². The molecule has 1 atom stereocenters. The molecule has 0 amide bonds. The van der Waals surface area contributed by atoms with Crippen molar-refractivity contribution in [1.82, 2.24) is 5.32 Å². The Morgan fingerprint density at radius 2 is 2.25 bits per heavy atom. The van der Waals surface area contributed by atoms with Gasteiger partial charge < -0.3 is 10.1 Å². The van der Waals surface area contributed by atoms with E-state index in [-0.39, 0.29) is 0 Å². The summed E-state index contributed by atoms with van der Waals surface area (Å²) in [6.45, 7) is 3.69. The third kappa shape index (κ3) is 3.48. The fourth-order valence-electron chi connectivity index (χ4n) is 2.02. The monoisotopic (exact) mass is 239 g/mol. The zero-order valence-electron chi connectivity index (χ0n) is 9.42. The molecule has 16 heavy (non-hydrogen) atoms. The summed E-state index contributed by atoms with van der Waals surface area (Å²) < 4.78 is 5.72. The molecular formula is C13H18ClNO. The predicted octanol–water partition coefficient (Wildman–Crippen LogP) is 2.86. The van der Waals surface area contributed by atoms with Gasteiger partial charge >= 0.3 is 0 Å². The van der Waals surface area contributed by atoms with Crippen LogP contribution in [-0.4, -0.2) is 19.7 Å². The van der Waals surface area contributed by atoms with E-state index in [1.165, 1.54) is 12.8 Å². The Morgan fingerprint density at radius 1 is 1.38 bits per heavy atom. The molecule has 1 aliphatic rings. The second kappa shape index (κ2) is 6.24. The van der Waals surface area contributed by atoms with Gasteiger partial charge in [0.1, 0.15) is 0 Å². The maximum Gasteiger partial charge on any atom is 0.0731 e. The van der Waals surface area contributed by atoms with Gasteiger partial charge in [-0.2, -0.15) is 0 Å². The van der Waals surface area contributed by atoms with E-state index in [0.717, 1.165) is 30.3 Å². The zero-order chi connectivity index (χ0) is 11.2. The summed E-state index contributed by atoms with van der Waals surface area (Å²) in [5.74, 6) is 0.663. The standard InChI is InChI=1S/C13H18ClNO/c14-13-6-2-1-5-12(13)10-16-9-11-4-3-7-15-8-11/h1-2,5-6,11,15H,3-4,7-10H2. The van der Waals surface area contributed by atoms with Gasteiger partial charge in [-0.3, -0.25) is 0 Å². The molecule has 88 valence electrons. The van der Waals surface area contributed by atoms with E-state index in [9.17, 15) is 0 Å². The van der Waals surface area contributed by atoms with Crippen molar-refractivity contribution < 1.29 is 4.74 Å². The zero-order valence-corrected chi connectivity index (χ0v) is 10.2. The number of ether oxygens (including phenoxy) is 1. The van der Waals surface area contributed by atoms with Crippen LogP contribution in [0.3, 0.4) is 0 Å². The normalized spacial score (nSPS) is 20.9. The lowest BCUT2D eigenvalue weighted by molar-refractivity contribution is 0.0783. The van der Waals surface area contributed by atoms with Gasteiger partial charge in [-0.15, -0.1) is 0 Å². The van der Waals surface area contributed by atoms with Crippen molar-refractivity contribution in [1.29, 1.82) is 0 Å². The Bertz CT molecular complexity index is 323. The first-order valence-electron chi connectivity index (χ1n) is 5.88. The smallest absolute Gasteiger partial charge is 0.0731 e. The van der Waals surface area contributed by atoms with Crippen LogP contribution in [0, 0.1) is 5.92 Å². The maximum atomic E-state index is 6.05. The van der Waals surface area contributed by atoms with Crippen LogP contribution >= 0.6 is 11.6 Å². The molecule has 1 fully saturated rings. The molecule has 1 aromatic rings. The lowest BCUT2D eigenvalue weighted by atomic mass is 10.0. The van der Waals surface area contributed by atoms with Crippen LogP contribution in [0.1, 0.15) is 18.4 Å². The summed E-state index contributed by atoms with van der Waals surface area (Å²) in [5.41, 5.74) is 1.08. The highest BCUT2D eigenvalue weighted by molar-refractivity contribution is 6.31. The first kappa shape index (κ1) is 11.9. The Morgan fingerprint density at radius 3 is 3.00 bits per heavy atom. The van der Waals surface area contributed by atoms with Crippen LogP contribution in [-0.2, 0) is 11.3 Å². The summed E-state index contributed by atoms with van der Waals surface area (Å²) in [4.78, 5) is 0. The second-order valence-corrected chi connectivity index (χ2v) is 4.73. The van der Waals surface area contributed by atoms with E-state index in [4.69, 9.17) is 16.3 Å². The van der Waals surface area contributed by atoms with E-state index in [1.807, 2.05) is 24.3 Å². The minimum atomic E-state index is 0.621. The molecule has 0 spiro atoms. The van der Waals surface area contributed by atoms with Gasteiger partial charge in [0.15, 0.2) is 0 Å². The molecule has 0 aliphatic carbocycles. The highest BCUT2D eigenvalue weighted by atomic mass is 35.5. The molecule has 3 heteroatoms. The summed E-state index contributed by atoms with van der Waals surface area (Å²) in [7, 11) is 0. The molecule has 1 N–H and O–H groups in total. The molecule has 1 aliphatic heterocycles. The van der Waals surface area contributed by atoms with Gasteiger partial charge in [0.2, 0.25) is 0 Å². The molecule has 0 saturated carbocycles. The first-order chi connectivity index (χ1) is 7.86. The Labute approximate surface area is 102 Å². The number of piperidine rings is 1. The van der Waals surface area contributed by atoms with E-state index < -0.39 is 0 Å². The topological polar surface area (TPSA) is 21.3 Å². The molecule has 0 radical (unpaired) electrons. The van der Waals surface area contributed by atoms with E-state index in [2.05, 4.69) is 5.32 Å². The van der Waals surface area contributed by atoms with Crippen molar-refractivity contribution in [3.8, 4) is 0 Å². The Hall–Kier alpha value is -0.570. The number of nitrogens with one attached hydrogen (secondary N) is 1. The highest BCUT2D eigenvalue weighted by Gasteiger charge is 2.12. The number of rotatable bonds is 4. The van der Waals surface area contributed by atoms with Gasteiger partial charge in [0.05, 0.1) is 13.2 Å². The maximum absolute atomic E-state index is 6.05. The van der Waals surface area contributed by atoms with Crippen LogP contribution in [0.15, 0.2) is 24.3 Å². The Kier molecular flexibility index (Phi) is 4.64. The number of hydrogen-bond acceptors (Lipinski definition) is 2. The third-order valence-electron chi connectivity index (χ3n) is 2.97. The molecule has 1 heterocycles. The quantitative estimate of drug-likeness (QED) is 0.873. The van der Waals surface area contributed by atoms with Crippen molar-refractivity contribution in [2.45, 2.75) is 19.4 Å². The molecule has 1 aromatic carbocycles. The van der Waals surface area contributed by atoms with E-state index in [0.29, 0.717) is 12.5 Å². The van der Waals surface area contributed by atoms with Crippen LogP contribution in [0.4, 0.5) is 0 Å². The van der Waals surface area contributed by atoms with Crippen molar-refractivity contribution in [3.63, 3.8) is 0 Å². The fraction of sp³-hybridized carbons (Fsp3) is 0.538. The van der Waals surface area contributed by atoms with Crippen molar-refractivity contribution in [3.05, 3.63) is 34.9 Å². The lowest BCUT2D eigenvalue weighted by Gasteiger charge is -2.22. The van der Waals surface area contributed by atoms with Crippen LogP contribution < -0.4 is 5.32 Å². The fourth-order valence-corrected chi connectivity index (χ4v) is 2.21. The average molecular weight is 240 g/mol. The molecule has 2 nitrogen and oxygen atoms in total. The van der Waals surface area contributed by atoms with E-state index in [1.54, 1.807) is 0 Å². The molecule has 0 aromatic heterocycles. The number of hydrogen-bond donors (Lipinski definition) is 1. The molecule has 0 bridgehead atoms. The molecule has 2 rings (SSSR count). The van der Waals surface area contributed by atoms with Gasteiger partial charge in [0, 0.05) is 11.6 Å². The van der Waals surface area contributed by atoms with Crippen molar-refractivity contribution in [2.24, 2.45) is 5.92 Å².